The number of esters is 1. The van der Waals surface area contributed by atoms with Crippen LogP contribution in [-0.2, 0) is 9.53 Å². The molecule has 0 bridgehead atoms. The second-order valence-corrected chi connectivity index (χ2v) is 4.34. The van der Waals surface area contributed by atoms with Gasteiger partial charge < -0.3 is 15.2 Å². The SMILES string of the molecule is COC(=O)c1nccc(NC(C)(C)CC(=O)O)n1. The molecular weight excluding hydrogens is 238 g/mol. The predicted molar refractivity (Wildman–Crippen MR) is 63.3 cm³/mol. The molecule has 2 N–H and O–H groups in total. The van der Waals surface area contributed by atoms with E-state index in [0.29, 0.717) is 5.82 Å². The van der Waals surface area contributed by atoms with E-state index in [2.05, 4.69) is 20.0 Å². The Labute approximate surface area is 104 Å². The Morgan fingerprint density at radius 3 is 2.72 bits per heavy atom. The van der Waals surface area contributed by atoms with E-state index in [9.17, 15) is 9.59 Å². The van der Waals surface area contributed by atoms with Gasteiger partial charge in [-0.15, -0.1) is 0 Å². The maximum atomic E-state index is 11.2. The molecule has 1 aromatic heterocycles. The fourth-order valence-corrected chi connectivity index (χ4v) is 1.39. The summed E-state index contributed by atoms with van der Waals surface area (Å²) in [7, 11) is 1.24. The Morgan fingerprint density at radius 2 is 2.17 bits per heavy atom. The van der Waals surface area contributed by atoms with Crippen molar-refractivity contribution in [3.63, 3.8) is 0 Å². The number of carboxylic acid groups (broad SMARTS) is 1. The first-order chi connectivity index (χ1) is 8.34. The molecule has 1 heterocycles. The molecule has 98 valence electrons. The molecule has 0 atom stereocenters. The minimum absolute atomic E-state index is 0.0753. The number of carbonyl (C=O) groups excluding carboxylic acids is 1. The highest BCUT2D eigenvalue weighted by Crippen LogP contribution is 2.16. The topological polar surface area (TPSA) is 101 Å². The molecule has 0 aliphatic rings. The van der Waals surface area contributed by atoms with Crippen LogP contribution < -0.4 is 5.32 Å². The summed E-state index contributed by atoms with van der Waals surface area (Å²) < 4.78 is 4.50. The summed E-state index contributed by atoms with van der Waals surface area (Å²) in [5, 5.41) is 11.7. The van der Waals surface area contributed by atoms with Gasteiger partial charge in [0.1, 0.15) is 5.82 Å². The number of methoxy groups -OCH3 is 1. The van der Waals surface area contributed by atoms with E-state index in [4.69, 9.17) is 5.11 Å². The van der Waals surface area contributed by atoms with Crippen molar-refractivity contribution in [2.45, 2.75) is 25.8 Å². The number of aliphatic carboxylic acids is 1. The first kappa shape index (κ1) is 13.9. The van der Waals surface area contributed by atoms with Crippen LogP contribution in [0.15, 0.2) is 12.3 Å². The van der Waals surface area contributed by atoms with E-state index >= 15 is 0 Å². The van der Waals surface area contributed by atoms with Crippen molar-refractivity contribution in [3.05, 3.63) is 18.1 Å². The number of ether oxygens (including phenoxy) is 1. The van der Waals surface area contributed by atoms with Crippen molar-refractivity contribution >= 4 is 17.8 Å². The number of nitrogens with one attached hydrogen (secondary N) is 1. The van der Waals surface area contributed by atoms with E-state index in [1.807, 2.05) is 0 Å². The summed E-state index contributed by atoms with van der Waals surface area (Å²) in [5.41, 5.74) is -0.687. The Morgan fingerprint density at radius 1 is 1.50 bits per heavy atom. The lowest BCUT2D eigenvalue weighted by Gasteiger charge is -2.24. The molecule has 1 aromatic rings. The highest BCUT2D eigenvalue weighted by atomic mass is 16.5. The van der Waals surface area contributed by atoms with E-state index in [-0.39, 0.29) is 12.2 Å². The van der Waals surface area contributed by atoms with E-state index in [1.165, 1.54) is 13.3 Å². The third-order valence-corrected chi connectivity index (χ3v) is 2.08. The molecule has 1 rings (SSSR count). The van der Waals surface area contributed by atoms with Gasteiger partial charge in [-0.3, -0.25) is 4.79 Å². The number of anilines is 1. The van der Waals surface area contributed by atoms with Crippen LogP contribution in [0.1, 0.15) is 30.9 Å². The Kier molecular flexibility index (Phi) is 4.19. The Bertz CT molecular complexity index is 459. The number of hydrogen-bond donors (Lipinski definition) is 2. The molecule has 0 radical (unpaired) electrons. The highest BCUT2D eigenvalue weighted by Gasteiger charge is 2.22. The van der Waals surface area contributed by atoms with Gasteiger partial charge in [0.2, 0.25) is 5.82 Å². The highest BCUT2D eigenvalue weighted by molar-refractivity contribution is 5.85. The fourth-order valence-electron chi connectivity index (χ4n) is 1.39. The molecule has 0 fully saturated rings. The summed E-state index contributed by atoms with van der Waals surface area (Å²) in [6, 6.07) is 1.55. The largest absolute Gasteiger partial charge is 0.481 e. The van der Waals surface area contributed by atoms with Crippen LogP contribution >= 0.6 is 0 Å². The molecule has 0 amide bonds. The predicted octanol–water partition coefficient (Wildman–Crippen LogP) is 0.928. The zero-order valence-corrected chi connectivity index (χ0v) is 10.4. The van der Waals surface area contributed by atoms with Crippen LogP contribution in [0.5, 0.6) is 0 Å². The second kappa shape index (κ2) is 5.44. The standard InChI is InChI=1S/C11H15N3O4/c1-11(2,6-8(15)16)14-7-4-5-12-9(13-7)10(17)18-3/h4-5H,6H2,1-3H3,(H,15,16)(H,12,13,14). The van der Waals surface area contributed by atoms with Crippen molar-refractivity contribution in [1.29, 1.82) is 0 Å². The lowest BCUT2D eigenvalue weighted by atomic mass is 10.0. The zero-order chi connectivity index (χ0) is 13.8. The van der Waals surface area contributed by atoms with Crippen LogP contribution in [-0.4, -0.2) is 39.7 Å². The lowest BCUT2D eigenvalue weighted by molar-refractivity contribution is -0.137. The number of nitrogens with zero attached hydrogens (tertiary/aromatic N) is 2. The molecule has 7 nitrogen and oxygen atoms in total. The van der Waals surface area contributed by atoms with Gasteiger partial charge in [-0.25, -0.2) is 14.8 Å². The van der Waals surface area contributed by atoms with E-state index < -0.39 is 17.5 Å². The van der Waals surface area contributed by atoms with E-state index in [0.717, 1.165) is 0 Å². The Hall–Kier alpha value is -2.18. The molecule has 0 saturated heterocycles. The minimum atomic E-state index is -0.922. The lowest BCUT2D eigenvalue weighted by Crippen LogP contribution is -2.34. The van der Waals surface area contributed by atoms with Gasteiger partial charge >= 0.3 is 11.9 Å². The Balaban J connectivity index is 2.85. The third-order valence-electron chi connectivity index (χ3n) is 2.08. The molecule has 0 unspecified atom stereocenters. The van der Waals surface area contributed by atoms with Gasteiger partial charge in [-0.05, 0) is 19.9 Å². The van der Waals surface area contributed by atoms with E-state index in [1.54, 1.807) is 19.9 Å². The number of carboxylic acids is 1. The van der Waals surface area contributed by atoms with Gasteiger partial charge in [-0.1, -0.05) is 0 Å². The van der Waals surface area contributed by atoms with Crippen molar-refractivity contribution < 1.29 is 19.4 Å². The van der Waals surface area contributed by atoms with Gasteiger partial charge in [-0.2, -0.15) is 0 Å². The van der Waals surface area contributed by atoms with Gasteiger partial charge in [0.05, 0.1) is 13.5 Å². The van der Waals surface area contributed by atoms with Gasteiger partial charge in [0.25, 0.3) is 0 Å². The first-order valence-corrected chi connectivity index (χ1v) is 5.25. The van der Waals surface area contributed by atoms with Crippen LogP contribution in [0.25, 0.3) is 0 Å². The molecule has 7 heteroatoms. The smallest absolute Gasteiger partial charge is 0.376 e. The molecular formula is C11H15N3O4. The molecule has 0 aliphatic heterocycles. The first-order valence-electron chi connectivity index (χ1n) is 5.25. The zero-order valence-electron chi connectivity index (χ0n) is 10.4. The second-order valence-electron chi connectivity index (χ2n) is 4.34. The monoisotopic (exact) mass is 253 g/mol. The molecule has 18 heavy (non-hydrogen) atoms. The quantitative estimate of drug-likeness (QED) is 0.752. The van der Waals surface area contributed by atoms with Crippen LogP contribution in [0.4, 0.5) is 5.82 Å². The fraction of sp³-hybridized carbons (Fsp3) is 0.455. The van der Waals surface area contributed by atoms with Crippen LogP contribution in [0.3, 0.4) is 0 Å². The van der Waals surface area contributed by atoms with Gasteiger partial charge in [0, 0.05) is 11.7 Å². The average molecular weight is 253 g/mol. The molecule has 0 spiro atoms. The minimum Gasteiger partial charge on any atom is -0.481 e. The van der Waals surface area contributed by atoms with Crippen LogP contribution in [0.2, 0.25) is 0 Å². The number of hydrogen-bond acceptors (Lipinski definition) is 6. The maximum absolute atomic E-state index is 11.2. The van der Waals surface area contributed by atoms with Crippen molar-refractivity contribution in [2.75, 3.05) is 12.4 Å². The number of aromatic nitrogens is 2. The van der Waals surface area contributed by atoms with Gasteiger partial charge in [0.15, 0.2) is 0 Å². The third kappa shape index (κ3) is 4.00. The molecule has 0 aliphatic carbocycles. The maximum Gasteiger partial charge on any atom is 0.376 e. The molecule has 0 aromatic carbocycles. The summed E-state index contributed by atoms with van der Waals surface area (Å²) in [5.74, 6) is -1.27. The van der Waals surface area contributed by atoms with Crippen molar-refractivity contribution in [2.24, 2.45) is 0 Å². The summed E-state index contributed by atoms with van der Waals surface area (Å²) >= 11 is 0. The summed E-state index contributed by atoms with van der Waals surface area (Å²) in [6.07, 6.45) is 1.32. The normalized spacial score (nSPS) is 10.8. The average Bonchev–Trinajstić information content (AvgIpc) is 2.25. The molecule has 0 saturated carbocycles. The van der Waals surface area contributed by atoms with Crippen molar-refractivity contribution in [1.82, 2.24) is 9.97 Å². The van der Waals surface area contributed by atoms with Crippen LogP contribution in [0, 0.1) is 0 Å². The van der Waals surface area contributed by atoms with Crippen molar-refractivity contribution in [3.8, 4) is 0 Å². The number of rotatable bonds is 5. The number of carbonyl (C=O) groups is 2. The summed E-state index contributed by atoms with van der Waals surface area (Å²) in [6.45, 7) is 3.45. The summed E-state index contributed by atoms with van der Waals surface area (Å²) in [4.78, 5) is 29.6.